The number of ether oxygens (including phenoxy) is 1. The number of anilines is 1. The van der Waals surface area contributed by atoms with Gasteiger partial charge >= 0.3 is 0 Å². The third-order valence-electron chi connectivity index (χ3n) is 4.70. The van der Waals surface area contributed by atoms with Crippen LogP contribution >= 0.6 is 0 Å². The lowest BCUT2D eigenvalue weighted by Gasteiger charge is -2.31. The third kappa shape index (κ3) is 4.63. The van der Waals surface area contributed by atoms with Crippen molar-refractivity contribution in [2.75, 3.05) is 25.0 Å². The first-order valence-electron chi connectivity index (χ1n) is 8.95. The Morgan fingerprint density at radius 2 is 1.69 bits per heavy atom. The van der Waals surface area contributed by atoms with Crippen LogP contribution in [0.2, 0.25) is 0 Å². The van der Waals surface area contributed by atoms with Gasteiger partial charge < -0.3 is 15.0 Å². The van der Waals surface area contributed by atoms with Crippen LogP contribution in [0.3, 0.4) is 0 Å². The van der Waals surface area contributed by atoms with Crippen molar-refractivity contribution < 1.29 is 14.3 Å². The first-order valence-corrected chi connectivity index (χ1v) is 8.95. The molecule has 2 aromatic carbocycles. The van der Waals surface area contributed by atoms with E-state index in [0.717, 1.165) is 17.0 Å². The highest BCUT2D eigenvalue weighted by atomic mass is 16.5. The molecule has 136 valence electrons. The van der Waals surface area contributed by atoms with Crippen molar-refractivity contribution in [2.24, 2.45) is 5.92 Å². The van der Waals surface area contributed by atoms with Gasteiger partial charge in [0, 0.05) is 24.7 Å². The number of hydrogen-bond donors (Lipinski definition) is 1. The van der Waals surface area contributed by atoms with Gasteiger partial charge in [0.15, 0.2) is 6.61 Å². The van der Waals surface area contributed by atoms with E-state index in [4.69, 9.17) is 4.74 Å². The van der Waals surface area contributed by atoms with Crippen molar-refractivity contribution in [1.29, 1.82) is 0 Å². The molecule has 1 saturated heterocycles. The van der Waals surface area contributed by atoms with E-state index in [1.807, 2.05) is 61.5 Å². The van der Waals surface area contributed by atoms with Crippen molar-refractivity contribution >= 4 is 17.5 Å². The molecule has 1 aliphatic heterocycles. The molecule has 0 radical (unpaired) electrons. The van der Waals surface area contributed by atoms with Crippen molar-refractivity contribution in [2.45, 2.75) is 19.8 Å². The van der Waals surface area contributed by atoms with E-state index in [1.165, 1.54) is 0 Å². The molecule has 5 heteroatoms. The Hall–Kier alpha value is -2.82. The lowest BCUT2D eigenvalue weighted by molar-refractivity contribution is -0.136. The second-order valence-corrected chi connectivity index (χ2v) is 6.56. The number of nitrogens with one attached hydrogen (secondary N) is 1. The van der Waals surface area contributed by atoms with Crippen molar-refractivity contribution in [3.05, 3.63) is 60.2 Å². The van der Waals surface area contributed by atoms with Crippen molar-refractivity contribution in [1.82, 2.24) is 4.90 Å². The molecule has 0 atom stereocenters. The second kappa shape index (κ2) is 8.52. The van der Waals surface area contributed by atoms with Crippen LogP contribution in [-0.2, 0) is 9.59 Å². The minimum atomic E-state index is -0.0588. The molecule has 26 heavy (non-hydrogen) atoms. The molecule has 1 heterocycles. The minimum absolute atomic E-state index is 0.0273. The Morgan fingerprint density at radius 1 is 1.04 bits per heavy atom. The Balaban J connectivity index is 1.45. The SMILES string of the molecule is Cc1ccccc1OCC(=O)N1CCC(C(=O)Nc2ccccc2)CC1. The first-order chi connectivity index (χ1) is 12.6. The average molecular weight is 352 g/mol. The van der Waals surface area contributed by atoms with E-state index < -0.39 is 0 Å². The second-order valence-electron chi connectivity index (χ2n) is 6.56. The predicted octanol–water partition coefficient (Wildman–Crippen LogP) is 3.25. The van der Waals surface area contributed by atoms with Crippen LogP contribution in [0.4, 0.5) is 5.69 Å². The van der Waals surface area contributed by atoms with Gasteiger partial charge in [0.05, 0.1) is 0 Å². The molecule has 0 unspecified atom stereocenters. The number of amides is 2. The van der Waals surface area contributed by atoms with Crippen LogP contribution in [-0.4, -0.2) is 36.4 Å². The average Bonchev–Trinajstić information content (AvgIpc) is 2.68. The van der Waals surface area contributed by atoms with Gasteiger partial charge in [0.2, 0.25) is 5.91 Å². The summed E-state index contributed by atoms with van der Waals surface area (Å²) in [5.74, 6) is 0.671. The fourth-order valence-corrected chi connectivity index (χ4v) is 3.11. The quantitative estimate of drug-likeness (QED) is 0.899. The fraction of sp³-hybridized carbons (Fsp3) is 0.333. The van der Waals surface area contributed by atoms with Gasteiger partial charge in [0.1, 0.15) is 5.75 Å². The number of rotatable bonds is 5. The first kappa shape index (κ1) is 18.0. The van der Waals surface area contributed by atoms with E-state index >= 15 is 0 Å². The maximum atomic E-state index is 12.4. The normalized spacial score (nSPS) is 14.7. The molecule has 3 rings (SSSR count). The Morgan fingerprint density at radius 3 is 2.38 bits per heavy atom. The number of para-hydroxylation sites is 2. The van der Waals surface area contributed by atoms with Crippen molar-refractivity contribution in [3.8, 4) is 5.75 Å². The van der Waals surface area contributed by atoms with E-state index in [2.05, 4.69) is 5.32 Å². The van der Waals surface area contributed by atoms with E-state index in [0.29, 0.717) is 25.9 Å². The smallest absolute Gasteiger partial charge is 0.260 e. The number of hydrogen-bond acceptors (Lipinski definition) is 3. The lowest BCUT2D eigenvalue weighted by Crippen LogP contribution is -2.43. The van der Waals surface area contributed by atoms with Gasteiger partial charge in [-0.1, -0.05) is 36.4 Å². The lowest BCUT2D eigenvalue weighted by atomic mass is 9.95. The Labute approximate surface area is 154 Å². The van der Waals surface area contributed by atoms with Crippen LogP contribution < -0.4 is 10.1 Å². The van der Waals surface area contributed by atoms with Crippen LogP contribution in [0.25, 0.3) is 0 Å². The van der Waals surface area contributed by atoms with Crippen LogP contribution in [0.5, 0.6) is 5.75 Å². The summed E-state index contributed by atoms with van der Waals surface area (Å²) in [6.07, 6.45) is 1.35. The molecule has 0 aromatic heterocycles. The molecule has 1 fully saturated rings. The summed E-state index contributed by atoms with van der Waals surface area (Å²) >= 11 is 0. The largest absolute Gasteiger partial charge is 0.484 e. The highest BCUT2D eigenvalue weighted by molar-refractivity contribution is 5.92. The molecule has 2 amide bonds. The summed E-state index contributed by atoms with van der Waals surface area (Å²) < 4.78 is 5.63. The third-order valence-corrected chi connectivity index (χ3v) is 4.70. The van der Waals surface area contributed by atoms with E-state index in [-0.39, 0.29) is 24.3 Å². The van der Waals surface area contributed by atoms with Crippen LogP contribution in [0.1, 0.15) is 18.4 Å². The highest BCUT2D eigenvalue weighted by Gasteiger charge is 2.27. The van der Waals surface area contributed by atoms with Gasteiger partial charge in [-0.3, -0.25) is 9.59 Å². The molecule has 0 saturated carbocycles. The summed E-state index contributed by atoms with van der Waals surface area (Å²) in [5.41, 5.74) is 1.82. The van der Waals surface area contributed by atoms with Crippen LogP contribution in [0.15, 0.2) is 54.6 Å². The molecular formula is C21H24N2O3. The zero-order valence-electron chi connectivity index (χ0n) is 15.0. The summed E-state index contributed by atoms with van der Waals surface area (Å²) in [6.45, 7) is 3.16. The van der Waals surface area contributed by atoms with Crippen molar-refractivity contribution in [3.63, 3.8) is 0 Å². The minimum Gasteiger partial charge on any atom is -0.484 e. The number of carbonyl (C=O) groups is 2. The number of benzene rings is 2. The maximum absolute atomic E-state index is 12.4. The molecule has 0 aliphatic carbocycles. The number of carbonyl (C=O) groups excluding carboxylic acids is 2. The van der Waals surface area contributed by atoms with Gasteiger partial charge in [-0.15, -0.1) is 0 Å². The summed E-state index contributed by atoms with van der Waals surface area (Å²) in [7, 11) is 0. The van der Waals surface area contributed by atoms with Gasteiger partial charge in [-0.2, -0.15) is 0 Å². The standard InChI is InChI=1S/C21H24N2O3/c1-16-7-5-6-10-19(16)26-15-20(24)23-13-11-17(12-14-23)21(25)22-18-8-3-2-4-9-18/h2-10,17H,11-15H2,1H3,(H,22,25). The van der Waals surface area contributed by atoms with Crippen LogP contribution in [0, 0.1) is 12.8 Å². The summed E-state index contributed by atoms with van der Waals surface area (Å²) in [4.78, 5) is 26.5. The van der Waals surface area contributed by atoms with E-state index in [1.54, 1.807) is 4.90 Å². The monoisotopic (exact) mass is 352 g/mol. The predicted molar refractivity (Wildman–Crippen MR) is 101 cm³/mol. The maximum Gasteiger partial charge on any atom is 0.260 e. The number of piperidine rings is 1. The molecule has 2 aromatic rings. The summed E-state index contributed by atoms with van der Waals surface area (Å²) in [5, 5.41) is 2.94. The Bertz CT molecular complexity index is 753. The molecule has 5 nitrogen and oxygen atoms in total. The molecule has 1 N–H and O–H groups in total. The number of nitrogens with zero attached hydrogens (tertiary/aromatic N) is 1. The zero-order valence-corrected chi connectivity index (χ0v) is 15.0. The number of likely N-dealkylation sites (tertiary alicyclic amines) is 1. The van der Waals surface area contributed by atoms with Gasteiger partial charge in [0.25, 0.3) is 5.91 Å². The Kier molecular flexibility index (Phi) is 5.89. The number of aryl methyl sites for hydroxylation is 1. The molecule has 1 aliphatic rings. The topological polar surface area (TPSA) is 58.6 Å². The molecular weight excluding hydrogens is 328 g/mol. The zero-order chi connectivity index (χ0) is 18.4. The summed E-state index contributed by atoms with van der Waals surface area (Å²) in [6, 6.07) is 17.1. The highest BCUT2D eigenvalue weighted by Crippen LogP contribution is 2.20. The van der Waals surface area contributed by atoms with Gasteiger partial charge in [-0.25, -0.2) is 0 Å². The van der Waals surface area contributed by atoms with Gasteiger partial charge in [-0.05, 0) is 43.5 Å². The molecule has 0 bridgehead atoms. The van der Waals surface area contributed by atoms with E-state index in [9.17, 15) is 9.59 Å². The fourth-order valence-electron chi connectivity index (χ4n) is 3.11. The molecule has 0 spiro atoms.